The number of amides is 2. The fraction of sp³-hybridized carbons (Fsp3) is 0.231. The highest BCUT2D eigenvalue weighted by Crippen LogP contribution is 2.50. The van der Waals surface area contributed by atoms with Crippen molar-refractivity contribution in [3.8, 4) is 11.5 Å². The Morgan fingerprint density at radius 3 is 2.32 bits per heavy atom. The molecule has 0 bridgehead atoms. The molecule has 3 aromatic carbocycles. The molecule has 0 saturated carbocycles. The van der Waals surface area contributed by atoms with Crippen molar-refractivity contribution in [3.05, 3.63) is 82.9 Å². The lowest BCUT2D eigenvalue weighted by Gasteiger charge is -2.30. The first-order chi connectivity index (χ1) is 16.4. The zero-order chi connectivity index (χ0) is 24.0. The number of halogens is 1. The van der Waals surface area contributed by atoms with Gasteiger partial charge in [0.2, 0.25) is 5.91 Å². The van der Waals surface area contributed by atoms with Gasteiger partial charge in [-0.05, 0) is 55.0 Å². The maximum atomic E-state index is 13.8. The summed E-state index contributed by atoms with van der Waals surface area (Å²) in [6.07, 6.45) is -0.973. The van der Waals surface area contributed by atoms with Crippen molar-refractivity contribution < 1.29 is 23.9 Å². The minimum absolute atomic E-state index is 0.337. The van der Waals surface area contributed by atoms with Crippen molar-refractivity contribution in [2.24, 2.45) is 5.92 Å². The topological polar surface area (TPSA) is 68.3 Å². The van der Waals surface area contributed by atoms with Gasteiger partial charge in [-0.25, -0.2) is 9.96 Å². The number of anilines is 2. The van der Waals surface area contributed by atoms with Crippen LogP contribution in [-0.4, -0.2) is 32.1 Å². The van der Waals surface area contributed by atoms with E-state index in [1.807, 2.05) is 37.3 Å². The second-order valence-electron chi connectivity index (χ2n) is 8.21. The fourth-order valence-corrected chi connectivity index (χ4v) is 4.78. The zero-order valence-corrected chi connectivity index (χ0v) is 19.7. The van der Waals surface area contributed by atoms with E-state index < -0.39 is 24.0 Å². The minimum Gasteiger partial charge on any atom is -0.497 e. The summed E-state index contributed by atoms with van der Waals surface area (Å²) in [5.74, 6) is -0.361. The number of ether oxygens (including phenoxy) is 2. The third-order valence-corrected chi connectivity index (χ3v) is 6.56. The summed E-state index contributed by atoms with van der Waals surface area (Å²) in [5.41, 5.74) is 2.91. The van der Waals surface area contributed by atoms with Crippen LogP contribution in [0.1, 0.15) is 17.2 Å². The molecule has 2 aliphatic heterocycles. The van der Waals surface area contributed by atoms with Crippen molar-refractivity contribution >= 4 is 34.8 Å². The second-order valence-corrected chi connectivity index (χ2v) is 8.64. The van der Waals surface area contributed by atoms with Crippen LogP contribution in [0.2, 0.25) is 5.02 Å². The lowest BCUT2D eigenvalue weighted by Crippen LogP contribution is -2.37. The summed E-state index contributed by atoms with van der Waals surface area (Å²) in [4.78, 5) is 34.6. The van der Waals surface area contributed by atoms with Gasteiger partial charge < -0.3 is 9.47 Å². The van der Waals surface area contributed by atoms with E-state index in [1.54, 1.807) is 55.7 Å². The smallest absolute Gasteiger partial charge is 0.266 e. The summed E-state index contributed by atoms with van der Waals surface area (Å²) in [5, 5.41) is 2.19. The molecule has 0 spiro atoms. The second kappa shape index (κ2) is 8.66. The van der Waals surface area contributed by atoms with Crippen LogP contribution in [0.5, 0.6) is 11.5 Å². The number of hydrogen-bond donors (Lipinski definition) is 0. The van der Waals surface area contributed by atoms with Crippen LogP contribution in [0.4, 0.5) is 11.4 Å². The van der Waals surface area contributed by atoms with Gasteiger partial charge in [-0.3, -0.25) is 14.4 Å². The molecule has 0 aromatic heterocycles. The quantitative estimate of drug-likeness (QED) is 0.494. The summed E-state index contributed by atoms with van der Waals surface area (Å²) in [6, 6.07) is 19.1. The van der Waals surface area contributed by atoms with Crippen LogP contribution in [0.3, 0.4) is 0 Å². The van der Waals surface area contributed by atoms with Crippen molar-refractivity contribution in [1.29, 1.82) is 0 Å². The van der Waals surface area contributed by atoms with Gasteiger partial charge in [0, 0.05) is 16.7 Å². The number of para-hydroxylation sites is 1. The standard InChI is InChI=1S/C26H23ClN2O5/c1-15-6-4-5-7-20(15)29-23(19-13-12-18(32-2)14-21(19)33-3)22-24(34-29)26(31)28(25(22)30)17-10-8-16(27)9-11-17/h4-14,22-24H,1-3H3/t22-,23+,24-/m0/s1. The van der Waals surface area contributed by atoms with Gasteiger partial charge in [-0.15, -0.1) is 0 Å². The van der Waals surface area contributed by atoms with Crippen LogP contribution in [-0.2, 0) is 14.4 Å². The third kappa shape index (κ3) is 3.48. The highest BCUT2D eigenvalue weighted by molar-refractivity contribution is 6.31. The molecule has 2 aliphatic rings. The normalized spacial score (nSPS) is 21.7. The summed E-state index contributed by atoms with van der Waals surface area (Å²) < 4.78 is 11.0. The highest BCUT2D eigenvalue weighted by atomic mass is 35.5. The van der Waals surface area contributed by atoms with Crippen LogP contribution in [0.25, 0.3) is 0 Å². The summed E-state index contributed by atoms with van der Waals surface area (Å²) >= 11 is 6.01. The lowest BCUT2D eigenvalue weighted by atomic mass is 9.89. The van der Waals surface area contributed by atoms with E-state index in [0.717, 1.165) is 16.8 Å². The van der Waals surface area contributed by atoms with Crippen LogP contribution >= 0.6 is 11.6 Å². The molecule has 2 saturated heterocycles. The molecule has 3 aromatic rings. The Hall–Kier alpha value is -3.55. The molecule has 2 fully saturated rings. The number of hydrogen-bond acceptors (Lipinski definition) is 6. The molecule has 0 aliphatic carbocycles. The van der Waals surface area contributed by atoms with Crippen LogP contribution < -0.4 is 19.4 Å². The molecule has 34 heavy (non-hydrogen) atoms. The molecule has 5 rings (SSSR count). The number of imide groups is 1. The van der Waals surface area contributed by atoms with Gasteiger partial charge in [0.1, 0.15) is 17.4 Å². The minimum atomic E-state index is -0.973. The first-order valence-corrected chi connectivity index (χ1v) is 11.2. The third-order valence-electron chi connectivity index (χ3n) is 6.31. The maximum absolute atomic E-state index is 13.8. The van der Waals surface area contributed by atoms with E-state index in [-0.39, 0.29) is 5.91 Å². The van der Waals surface area contributed by atoms with E-state index in [4.69, 9.17) is 25.9 Å². The first kappa shape index (κ1) is 22.3. The number of nitrogens with zero attached hydrogens (tertiary/aromatic N) is 2. The average molecular weight is 479 g/mol. The fourth-order valence-electron chi connectivity index (χ4n) is 4.66. The SMILES string of the molecule is COc1ccc([C@@H]2[C@@H]3C(=O)N(c4ccc(Cl)cc4)C(=O)[C@H]3ON2c2ccccc2C)c(OC)c1. The lowest BCUT2D eigenvalue weighted by molar-refractivity contribution is -0.126. The number of carbonyl (C=O) groups is 2. The van der Waals surface area contributed by atoms with Crippen molar-refractivity contribution in [2.75, 3.05) is 24.2 Å². The van der Waals surface area contributed by atoms with E-state index in [1.165, 1.54) is 4.90 Å². The molecule has 7 nitrogen and oxygen atoms in total. The molecule has 3 atom stereocenters. The Morgan fingerprint density at radius 1 is 0.912 bits per heavy atom. The largest absolute Gasteiger partial charge is 0.497 e. The molecule has 8 heteroatoms. The Labute approximate surface area is 202 Å². The molecule has 174 valence electrons. The number of aryl methyl sites for hydroxylation is 1. The van der Waals surface area contributed by atoms with Crippen molar-refractivity contribution in [2.45, 2.75) is 19.1 Å². The Balaban J connectivity index is 1.64. The zero-order valence-electron chi connectivity index (χ0n) is 18.9. The Kier molecular flexibility index (Phi) is 5.67. The number of fused-ring (bicyclic) bond motifs is 1. The van der Waals surface area contributed by atoms with Gasteiger partial charge in [-0.2, -0.15) is 0 Å². The number of hydroxylamine groups is 1. The molecule has 0 radical (unpaired) electrons. The van der Waals surface area contributed by atoms with Crippen molar-refractivity contribution in [1.82, 2.24) is 0 Å². The Bertz CT molecular complexity index is 1260. The molecular weight excluding hydrogens is 456 g/mol. The maximum Gasteiger partial charge on any atom is 0.266 e. The Morgan fingerprint density at radius 2 is 1.65 bits per heavy atom. The molecule has 0 N–H and O–H groups in total. The molecule has 0 unspecified atom stereocenters. The van der Waals surface area contributed by atoms with Crippen LogP contribution in [0.15, 0.2) is 66.7 Å². The molecular formula is C26H23ClN2O5. The monoisotopic (exact) mass is 478 g/mol. The van der Waals surface area contributed by atoms with Crippen LogP contribution in [0, 0.1) is 12.8 Å². The van der Waals surface area contributed by atoms with Gasteiger partial charge in [-0.1, -0.05) is 29.8 Å². The summed E-state index contributed by atoms with van der Waals surface area (Å²) in [6.45, 7) is 1.96. The van der Waals surface area contributed by atoms with Gasteiger partial charge in [0.15, 0.2) is 6.10 Å². The predicted molar refractivity (Wildman–Crippen MR) is 128 cm³/mol. The van der Waals surface area contributed by atoms with Gasteiger partial charge in [0.05, 0.1) is 31.6 Å². The number of methoxy groups -OCH3 is 2. The number of rotatable bonds is 5. The van der Waals surface area contributed by atoms with Gasteiger partial charge >= 0.3 is 0 Å². The van der Waals surface area contributed by atoms with Gasteiger partial charge in [0.25, 0.3) is 5.91 Å². The van der Waals surface area contributed by atoms with E-state index in [9.17, 15) is 9.59 Å². The van der Waals surface area contributed by atoms with E-state index >= 15 is 0 Å². The average Bonchev–Trinajstić information content (AvgIpc) is 3.35. The van der Waals surface area contributed by atoms with Crippen molar-refractivity contribution in [3.63, 3.8) is 0 Å². The van der Waals surface area contributed by atoms with E-state index in [0.29, 0.717) is 22.2 Å². The van der Waals surface area contributed by atoms with E-state index in [2.05, 4.69) is 0 Å². The predicted octanol–water partition coefficient (Wildman–Crippen LogP) is 4.72. The highest BCUT2D eigenvalue weighted by Gasteiger charge is 2.60. The number of carbonyl (C=O) groups excluding carboxylic acids is 2. The summed E-state index contributed by atoms with van der Waals surface area (Å²) in [7, 11) is 3.14. The molecule has 2 amide bonds. The number of benzene rings is 3. The first-order valence-electron chi connectivity index (χ1n) is 10.8. The molecule has 2 heterocycles.